The number of ketones is 1. The van der Waals surface area contributed by atoms with Crippen molar-refractivity contribution in [3.8, 4) is 17.2 Å². The van der Waals surface area contributed by atoms with E-state index in [1.165, 1.54) is 16.2 Å². The number of aliphatic hydroxyl groups is 1. The van der Waals surface area contributed by atoms with Gasteiger partial charge in [-0.1, -0.05) is 36.4 Å². The number of aliphatic hydroxyl groups excluding tert-OH is 1. The van der Waals surface area contributed by atoms with Gasteiger partial charge in [-0.2, -0.15) is 0 Å². The molecule has 0 aliphatic carbocycles. The molecular formula is C32H28N2O6S. The second-order valence-corrected chi connectivity index (χ2v) is 10.7. The molecule has 0 bridgehead atoms. The average molecular weight is 569 g/mol. The Hall–Kier alpha value is -4.63. The highest BCUT2D eigenvalue weighted by atomic mass is 32.1. The van der Waals surface area contributed by atoms with Gasteiger partial charge in [-0.05, 0) is 60.9 Å². The van der Waals surface area contributed by atoms with Crippen LogP contribution in [-0.4, -0.2) is 34.5 Å². The lowest BCUT2D eigenvalue weighted by atomic mass is 9.94. The number of benzene rings is 3. The minimum absolute atomic E-state index is 0.0162. The Labute approximate surface area is 241 Å². The highest BCUT2D eigenvalue weighted by Crippen LogP contribution is 2.45. The highest BCUT2D eigenvalue weighted by Gasteiger charge is 2.48. The minimum atomic E-state index is -0.924. The number of anilines is 1. The molecule has 6 rings (SSSR count). The molecule has 9 heteroatoms. The van der Waals surface area contributed by atoms with Gasteiger partial charge in [-0.25, -0.2) is 4.98 Å². The standard InChI is InChI=1S/C32H28N2O6S/c1-3-38-26-17-21(9-12-25(26)39-18-20-7-5-4-6-8-20)28-27(30(36)31(37)34(28)32-33-13-14-41-32)29(35)22-10-11-24-23(16-22)15-19(2)40-24/h4-14,16-17,19,28,35H,3,15,18H2,1-2H3/t19-,28+/m1/s1. The lowest BCUT2D eigenvalue weighted by Gasteiger charge is -2.24. The molecule has 0 spiro atoms. The molecule has 41 heavy (non-hydrogen) atoms. The van der Waals surface area contributed by atoms with E-state index in [1.807, 2.05) is 50.2 Å². The van der Waals surface area contributed by atoms with E-state index in [0.29, 0.717) is 47.4 Å². The van der Waals surface area contributed by atoms with Crippen molar-refractivity contribution in [2.75, 3.05) is 11.5 Å². The van der Waals surface area contributed by atoms with E-state index < -0.39 is 17.7 Å². The maximum Gasteiger partial charge on any atom is 0.301 e. The zero-order chi connectivity index (χ0) is 28.5. The van der Waals surface area contributed by atoms with Gasteiger partial charge in [-0.15, -0.1) is 11.3 Å². The number of rotatable bonds is 8. The van der Waals surface area contributed by atoms with Gasteiger partial charge in [0.25, 0.3) is 5.78 Å². The smallest absolute Gasteiger partial charge is 0.301 e. The number of amides is 1. The Bertz CT molecular complexity index is 1630. The number of thiazole rings is 1. The van der Waals surface area contributed by atoms with Crippen molar-refractivity contribution in [2.45, 2.75) is 39.0 Å². The van der Waals surface area contributed by atoms with Crippen LogP contribution in [0.15, 0.2) is 83.9 Å². The molecular weight excluding hydrogens is 540 g/mol. The molecule has 2 aliphatic heterocycles. The summed E-state index contributed by atoms with van der Waals surface area (Å²) >= 11 is 1.24. The maximum absolute atomic E-state index is 13.5. The molecule has 0 saturated carbocycles. The van der Waals surface area contributed by atoms with Gasteiger partial charge in [-0.3, -0.25) is 14.5 Å². The molecule has 4 aromatic rings. The predicted octanol–water partition coefficient (Wildman–Crippen LogP) is 6.07. The third kappa shape index (κ3) is 5.04. The number of nitrogens with zero attached hydrogens (tertiary/aromatic N) is 2. The third-order valence-corrected chi connectivity index (χ3v) is 7.83. The van der Waals surface area contributed by atoms with Crippen LogP contribution < -0.4 is 19.1 Å². The Kier molecular flexibility index (Phi) is 7.19. The molecule has 3 aromatic carbocycles. The van der Waals surface area contributed by atoms with E-state index in [4.69, 9.17) is 14.2 Å². The van der Waals surface area contributed by atoms with Crippen LogP contribution in [0.4, 0.5) is 5.13 Å². The highest BCUT2D eigenvalue weighted by molar-refractivity contribution is 7.14. The lowest BCUT2D eigenvalue weighted by Crippen LogP contribution is -2.29. The molecule has 2 atom stereocenters. The summed E-state index contributed by atoms with van der Waals surface area (Å²) in [6.45, 7) is 4.57. The summed E-state index contributed by atoms with van der Waals surface area (Å²) in [5.41, 5.74) is 2.94. The van der Waals surface area contributed by atoms with E-state index in [-0.39, 0.29) is 17.4 Å². The van der Waals surface area contributed by atoms with E-state index >= 15 is 0 Å². The fourth-order valence-corrected chi connectivity index (χ4v) is 5.89. The van der Waals surface area contributed by atoms with Crippen LogP contribution in [-0.2, 0) is 22.6 Å². The first-order valence-electron chi connectivity index (χ1n) is 13.4. The predicted molar refractivity (Wildman–Crippen MR) is 156 cm³/mol. The summed E-state index contributed by atoms with van der Waals surface area (Å²) in [6, 6.07) is 19.5. The number of carbonyl (C=O) groups is 2. The van der Waals surface area contributed by atoms with Crippen LogP contribution in [0.3, 0.4) is 0 Å². The summed E-state index contributed by atoms with van der Waals surface area (Å²) < 4.78 is 17.8. The Balaban J connectivity index is 1.44. The molecule has 1 saturated heterocycles. The van der Waals surface area contributed by atoms with Crippen molar-refractivity contribution in [3.05, 3.63) is 106 Å². The van der Waals surface area contributed by atoms with Crippen LogP contribution >= 0.6 is 11.3 Å². The first-order chi connectivity index (χ1) is 19.9. The number of hydrogen-bond donors (Lipinski definition) is 1. The Morgan fingerprint density at radius 3 is 2.66 bits per heavy atom. The van der Waals surface area contributed by atoms with Crippen molar-refractivity contribution in [1.29, 1.82) is 0 Å². The monoisotopic (exact) mass is 568 g/mol. The first kappa shape index (κ1) is 26.6. The quantitative estimate of drug-likeness (QED) is 0.157. The second-order valence-electron chi connectivity index (χ2n) is 9.85. The molecule has 1 amide bonds. The maximum atomic E-state index is 13.5. The summed E-state index contributed by atoms with van der Waals surface area (Å²) in [5.74, 6) is -0.0479. The SMILES string of the molecule is CCOc1cc([C@H]2C(=C(O)c3ccc4c(c3)C[C@@H](C)O4)C(=O)C(=O)N2c2nccs2)ccc1OCc1ccccc1. The van der Waals surface area contributed by atoms with Gasteiger partial charge in [0.05, 0.1) is 18.2 Å². The minimum Gasteiger partial charge on any atom is -0.507 e. The molecule has 8 nitrogen and oxygen atoms in total. The topological polar surface area (TPSA) is 98.2 Å². The number of Topliss-reactive ketones (excluding diaryl/α,β-unsaturated/α-hetero) is 1. The molecule has 208 valence electrons. The van der Waals surface area contributed by atoms with E-state index in [1.54, 1.807) is 41.9 Å². The molecule has 1 aromatic heterocycles. The average Bonchev–Trinajstić information content (AvgIpc) is 3.70. The number of carbonyl (C=O) groups excluding carboxylic acids is 2. The van der Waals surface area contributed by atoms with Crippen molar-refractivity contribution in [2.24, 2.45) is 0 Å². The number of ether oxygens (including phenoxy) is 3. The van der Waals surface area contributed by atoms with Gasteiger partial charge in [0.15, 0.2) is 16.6 Å². The van der Waals surface area contributed by atoms with E-state index in [0.717, 1.165) is 16.9 Å². The largest absolute Gasteiger partial charge is 0.507 e. The van der Waals surface area contributed by atoms with Gasteiger partial charge in [0, 0.05) is 23.6 Å². The van der Waals surface area contributed by atoms with Crippen LogP contribution in [0.25, 0.3) is 5.76 Å². The van der Waals surface area contributed by atoms with E-state index in [9.17, 15) is 14.7 Å². The molecule has 2 aliphatic rings. The molecule has 0 radical (unpaired) electrons. The lowest BCUT2D eigenvalue weighted by molar-refractivity contribution is -0.132. The van der Waals surface area contributed by atoms with Gasteiger partial charge >= 0.3 is 5.91 Å². The van der Waals surface area contributed by atoms with Crippen molar-refractivity contribution in [3.63, 3.8) is 0 Å². The normalized spacial score (nSPS) is 19.2. The second kappa shape index (κ2) is 11.1. The summed E-state index contributed by atoms with van der Waals surface area (Å²) in [6.07, 6.45) is 2.29. The third-order valence-electron chi connectivity index (χ3n) is 7.06. The van der Waals surface area contributed by atoms with Gasteiger partial charge in [0.1, 0.15) is 24.2 Å². The van der Waals surface area contributed by atoms with Gasteiger partial charge in [0.2, 0.25) is 0 Å². The molecule has 1 fully saturated rings. The zero-order valence-corrected chi connectivity index (χ0v) is 23.4. The van der Waals surface area contributed by atoms with Crippen LogP contribution in [0.1, 0.15) is 42.1 Å². The summed E-state index contributed by atoms with van der Waals surface area (Å²) in [4.78, 5) is 32.6. The first-order valence-corrected chi connectivity index (χ1v) is 14.3. The van der Waals surface area contributed by atoms with Crippen LogP contribution in [0, 0.1) is 0 Å². The molecule has 1 N–H and O–H groups in total. The Morgan fingerprint density at radius 1 is 1.07 bits per heavy atom. The fraction of sp³-hybridized carbons (Fsp3) is 0.219. The zero-order valence-electron chi connectivity index (χ0n) is 22.6. The summed E-state index contributed by atoms with van der Waals surface area (Å²) in [7, 11) is 0. The number of fused-ring (bicyclic) bond motifs is 1. The number of hydrogen-bond acceptors (Lipinski definition) is 8. The van der Waals surface area contributed by atoms with E-state index in [2.05, 4.69) is 4.98 Å². The van der Waals surface area contributed by atoms with Gasteiger partial charge < -0.3 is 19.3 Å². The molecule has 3 heterocycles. The van der Waals surface area contributed by atoms with Crippen molar-refractivity contribution >= 4 is 33.9 Å². The number of aromatic nitrogens is 1. The fourth-order valence-electron chi connectivity index (χ4n) is 5.22. The summed E-state index contributed by atoms with van der Waals surface area (Å²) in [5, 5.41) is 13.6. The van der Waals surface area contributed by atoms with Crippen LogP contribution in [0.5, 0.6) is 17.2 Å². The molecule has 0 unspecified atom stereocenters. The van der Waals surface area contributed by atoms with Crippen molar-refractivity contribution < 1.29 is 28.9 Å². The Morgan fingerprint density at radius 2 is 1.90 bits per heavy atom. The van der Waals surface area contributed by atoms with Crippen molar-refractivity contribution in [1.82, 2.24) is 4.98 Å². The van der Waals surface area contributed by atoms with Crippen LogP contribution in [0.2, 0.25) is 0 Å².